The molecule has 1 N–H and O–H groups in total. The standard InChI is InChI=1S/C18H14FN5O2/c1-26-17-10-12(9-15(19)18(17)25)16-11-24(22-21-16)14-5-3-13(4-6-14)23-8-2-7-20-23/h2-11,25H,1H3. The molecule has 2 aromatic heterocycles. The van der Waals surface area contributed by atoms with Crippen LogP contribution in [0.1, 0.15) is 0 Å². The minimum Gasteiger partial charge on any atom is -0.502 e. The quantitative estimate of drug-likeness (QED) is 0.612. The smallest absolute Gasteiger partial charge is 0.194 e. The lowest BCUT2D eigenvalue weighted by atomic mass is 10.1. The van der Waals surface area contributed by atoms with E-state index in [9.17, 15) is 9.50 Å². The lowest BCUT2D eigenvalue weighted by Gasteiger charge is -2.06. The second-order valence-electron chi connectivity index (χ2n) is 5.52. The van der Waals surface area contributed by atoms with E-state index < -0.39 is 11.6 Å². The van der Waals surface area contributed by atoms with Crippen molar-refractivity contribution >= 4 is 0 Å². The zero-order chi connectivity index (χ0) is 18.1. The van der Waals surface area contributed by atoms with Gasteiger partial charge in [-0.15, -0.1) is 5.10 Å². The van der Waals surface area contributed by atoms with E-state index in [0.717, 1.165) is 11.4 Å². The molecule has 0 aliphatic carbocycles. The second kappa shape index (κ2) is 6.32. The number of nitrogens with zero attached hydrogens (tertiary/aromatic N) is 5. The molecular weight excluding hydrogens is 337 g/mol. The minimum absolute atomic E-state index is 0.0399. The fraction of sp³-hybridized carbons (Fsp3) is 0.0556. The van der Waals surface area contributed by atoms with Crippen molar-refractivity contribution in [1.82, 2.24) is 24.8 Å². The number of hydrogen-bond donors (Lipinski definition) is 1. The van der Waals surface area contributed by atoms with Crippen LogP contribution < -0.4 is 4.74 Å². The highest BCUT2D eigenvalue weighted by atomic mass is 19.1. The molecule has 2 heterocycles. The second-order valence-corrected chi connectivity index (χ2v) is 5.52. The Kier molecular flexibility index (Phi) is 3.85. The van der Waals surface area contributed by atoms with Gasteiger partial charge in [-0.25, -0.2) is 13.8 Å². The summed E-state index contributed by atoms with van der Waals surface area (Å²) in [5, 5.41) is 21.9. The number of rotatable bonds is 4. The summed E-state index contributed by atoms with van der Waals surface area (Å²) in [5.74, 6) is -1.27. The molecule has 0 spiro atoms. The topological polar surface area (TPSA) is 78.0 Å². The maximum absolute atomic E-state index is 13.8. The molecule has 0 atom stereocenters. The predicted molar refractivity (Wildman–Crippen MR) is 92.1 cm³/mol. The maximum Gasteiger partial charge on any atom is 0.194 e. The summed E-state index contributed by atoms with van der Waals surface area (Å²) in [4.78, 5) is 0. The molecule has 0 bridgehead atoms. The first-order chi connectivity index (χ1) is 12.7. The van der Waals surface area contributed by atoms with Gasteiger partial charge in [-0.3, -0.25) is 0 Å². The van der Waals surface area contributed by atoms with E-state index in [1.807, 2.05) is 36.5 Å². The van der Waals surface area contributed by atoms with Crippen LogP contribution in [0.3, 0.4) is 0 Å². The first-order valence-corrected chi connectivity index (χ1v) is 7.75. The van der Waals surface area contributed by atoms with Crippen LogP contribution in [0.15, 0.2) is 61.1 Å². The van der Waals surface area contributed by atoms with Crippen LogP contribution in [0.2, 0.25) is 0 Å². The molecule has 0 amide bonds. The van der Waals surface area contributed by atoms with Crippen LogP contribution in [-0.4, -0.2) is 37.0 Å². The van der Waals surface area contributed by atoms with Crippen LogP contribution in [0.4, 0.5) is 4.39 Å². The van der Waals surface area contributed by atoms with E-state index in [1.165, 1.54) is 19.2 Å². The Bertz CT molecular complexity index is 1040. The molecule has 4 aromatic rings. The van der Waals surface area contributed by atoms with Crippen LogP contribution in [-0.2, 0) is 0 Å². The van der Waals surface area contributed by atoms with Crippen molar-refractivity contribution in [2.45, 2.75) is 0 Å². The molecule has 26 heavy (non-hydrogen) atoms. The molecule has 7 nitrogen and oxygen atoms in total. The monoisotopic (exact) mass is 351 g/mol. The van der Waals surface area contributed by atoms with Crippen molar-refractivity contribution in [1.29, 1.82) is 0 Å². The number of hydrogen-bond acceptors (Lipinski definition) is 5. The highest BCUT2D eigenvalue weighted by Gasteiger charge is 2.14. The molecule has 8 heteroatoms. The van der Waals surface area contributed by atoms with E-state index >= 15 is 0 Å². The molecule has 2 aromatic carbocycles. The van der Waals surface area contributed by atoms with Crippen LogP contribution in [0.5, 0.6) is 11.5 Å². The van der Waals surface area contributed by atoms with E-state index in [0.29, 0.717) is 11.3 Å². The number of methoxy groups -OCH3 is 1. The molecule has 0 saturated carbocycles. The van der Waals surface area contributed by atoms with Gasteiger partial charge in [0, 0.05) is 18.0 Å². The van der Waals surface area contributed by atoms with Crippen LogP contribution in [0.25, 0.3) is 22.6 Å². The first-order valence-electron chi connectivity index (χ1n) is 7.75. The maximum atomic E-state index is 13.8. The Morgan fingerprint density at radius 1 is 1.08 bits per heavy atom. The lowest BCUT2D eigenvalue weighted by Crippen LogP contribution is -1.97. The summed E-state index contributed by atoms with van der Waals surface area (Å²) < 4.78 is 22.1. The molecule has 0 aliphatic heterocycles. The largest absolute Gasteiger partial charge is 0.502 e. The highest BCUT2D eigenvalue weighted by molar-refractivity contribution is 5.63. The molecule has 130 valence electrons. The first kappa shape index (κ1) is 15.8. The van der Waals surface area contributed by atoms with E-state index in [4.69, 9.17) is 4.74 Å². The fourth-order valence-electron chi connectivity index (χ4n) is 2.58. The molecular formula is C18H14FN5O2. The summed E-state index contributed by atoms with van der Waals surface area (Å²) in [7, 11) is 1.36. The Labute approximate surface area is 147 Å². The van der Waals surface area contributed by atoms with Crippen molar-refractivity contribution in [2.75, 3.05) is 7.11 Å². The van der Waals surface area contributed by atoms with Crippen LogP contribution >= 0.6 is 0 Å². The van der Waals surface area contributed by atoms with Crippen molar-refractivity contribution in [2.24, 2.45) is 0 Å². The normalized spacial score (nSPS) is 10.8. The average Bonchev–Trinajstić information content (AvgIpc) is 3.36. The van der Waals surface area contributed by atoms with E-state index in [1.54, 1.807) is 21.8 Å². The molecule has 0 fully saturated rings. The fourth-order valence-corrected chi connectivity index (χ4v) is 2.58. The van der Waals surface area contributed by atoms with Gasteiger partial charge >= 0.3 is 0 Å². The Morgan fingerprint density at radius 3 is 2.46 bits per heavy atom. The average molecular weight is 351 g/mol. The number of aromatic hydroxyl groups is 1. The van der Waals surface area contributed by atoms with Gasteiger partial charge in [0.2, 0.25) is 0 Å². The summed E-state index contributed by atoms with van der Waals surface area (Å²) in [6.07, 6.45) is 5.24. The summed E-state index contributed by atoms with van der Waals surface area (Å²) in [6, 6.07) is 12.1. The summed E-state index contributed by atoms with van der Waals surface area (Å²) in [5.41, 5.74) is 2.63. The van der Waals surface area contributed by atoms with Gasteiger partial charge in [0.1, 0.15) is 5.69 Å². The molecule has 0 radical (unpaired) electrons. The number of halogens is 1. The number of ether oxygens (including phenoxy) is 1. The highest BCUT2D eigenvalue weighted by Crippen LogP contribution is 2.33. The van der Waals surface area contributed by atoms with Gasteiger partial charge in [0.15, 0.2) is 17.3 Å². The molecule has 4 rings (SSSR count). The summed E-state index contributed by atoms with van der Waals surface area (Å²) in [6.45, 7) is 0. The number of phenolic OH excluding ortho intramolecular Hbond substituents is 1. The van der Waals surface area contributed by atoms with Gasteiger partial charge in [0.05, 0.1) is 24.7 Å². The Balaban J connectivity index is 1.65. The molecule has 0 unspecified atom stereocenters. The number of aromatic nitrogens is 5. The Hall–Kier alpha value is -3.68. The van der Waals surface area contributed by atoms with Crippen LogP contribution in [0, 0.1) is 5.82 Å². The van der Waals surface area contributed by atoms with Gasteiger partial charge in [-0.2, -0.15) is 5.10 Å². The van der Waals surface area contributed by atoms with Gasteiger partial charge in [-0.1, -0.05) is 5.21 Å². The zero-order valence-corrected chi connectivity index (χ0v) is 13.7. The lowest BCUT2D eigenvalue weighted by molar-refractivity contribution is 0.357. The van der Waals surface area contributed by atoms with Gasteiger partial charge in [0.25, 0.3) is 0 Å². The summed E-state index contributed by atoms with van der Waals surface area (Å²) >= 11 is 0. The third-order valence-electron chi connectivity index (χ3n) is 3.92. The molecule has 0 saturated heterocycles. The van der Waals surface area contributed by atoms with Crippen molar-refractivity contribution < 1.29 is 14.2 Å². The SMILES string of the molecule is COc1cc(-c2cn(-c3ccc(-n4cccn4)cc3)nn2)cc(F)c1O. The number of benzene rings is 2. The minimum atomic E-state index is -0.780. The van der Waals surface area contributed by atoms with E-state index in [2.05, 4.69) is 15.4 Å². The molecule has 0 aliphatic rings. The third kappa shape index (κ3) is 2.77. The zero-order valence-electron chi connectivity index (χ0n) is 13.7. The third-order valence-corrected chi connectivity index (χ3v) is 3.92. The van der Waals surface area contributed by atoms with E-state index in [-0.39, 0.29) is 5.75 Å². The van der Waals surface area contributed by atoms with Gasteiger partial charge in [-0.05, 0) is 42.5 Å². The van der Waals surface area contributed by atoms with Crippen molar-refractivity contribution in [3.63, 3.8) is 0 Å². The van der Waals surface area contributed by atoms with Crippen molar-refractivity contribution in [3.05, 3.63) is 66.9 Å². The van der Waals surface area contributed by atoms with Gasteiger partial charge < -0.3 is 9.84 Å². The predicted octanol–water partition coefficient (Wildman–Crippen LogP) is 2.97. The Morgan fingerprint density at radius 2 is 1.81 bits per heavy atom. The number of phenols is 1. The van der Waals surface area contributed by atoms with Crippen molar-refractivity contribution in [3.8, 4) is 34.1 Å².